The van der Waals surface area contributed by atoms with Crippen LogP contribution < -0.4 is 11.2 Å². The van der Waals surface area contributed by atoms with Crippen molar-refractivity contribution in [1.29, 1.82) is 0 Å². The molecular weight excluding hydrogens is 250 g/mol. The first-order chi connectivity index (χ1) is 8.63. The third kappa shape index (κ3) is 4.92. The van der Waals surface area contributed by atoms with E-state index in [0.717, 1.165) is 5.56 Å². The molecule has 0 saturated heterocycles. The van der Waals surface area contributed by atoms with Crippen LogP contribution in [0.5, 0.6) is 0 Å². The lowest BCUT2D eigenvalue weighted by Gasteiger charge is -2.07. The molecule has 0 fully saturated rings. The number of nitrogens with zero attached hydrogens (tertiary/aromatic N) is 1. The van der Waals surface area contributed by atoms with Gasteiger partial charge in [-0.3, -0.25) is 10.2 Å². The second kappa shape index (κ2) is 7.39. The van der Waals surface area contributed by atoms with Gasteiger partial charge in [0.25, 0.3) is 0 Å². The van der Waals surface area contributed by atoms with Crippen LogP contribution in [0.1, 0.15) is 18.9 Å². The second-order valence-corrected chi connectivity index (χ2v) is 3.82. The molecule has 0 amide bonds. The van der Waals surface area contributed by atoms with Gasteiger partial charge in [0.2, 0.25) is 0 Å². The number of hydrogen-bond donors (Lipinski definition) is 2. The van der Waals surface area contributed by atoms with Crippen LogP contribution in [0.2, 0.25) is 0 Å². The molecule has 0 aliphatic rings. The lowest BCUT2D eigenvalue weighted by atomic mass is 10.1. The Bertz CT molecular complexity index is 446. The van der Waals surface area contributed by atoms with E-state index in [1.807, 2.05) is 30.3 Å². The van der Waals surface area contributed by atoms with Crippen molar-refractivity contribution in [3.05, 3.63) is 35.9 Å². The van der Waals surface area contributed by atoms with Crippen molar-refractivity contribution >= 4 is 29.0 Å². The molecule has 0 bridgehead atoms. The number of carbonyl (C=O) groups is 1. The molecule has 0 heterocycles. The fraction of sp³-hybridized carbons (Fsp3) is 0.250. The third-order valence-electron chi connectivity index (χ3n) is 2.03. The van der Waals surface area contributed by atoms with E-state index in [2.05, 4.69) is 22.7 Å². The molecule has 0 atom stereocenters. The molecule has 18 heavy (non-hydrogen) atoms. The smallest absolute Gasteiger partial charge is 0.311 e. The number of esters is 1. The monoisotopic (exact) mass is 265 g/mol. The minimum absolute atomic E-state index is 0.0484. The van der Waals surface area contributed by atoms with Crippen LogP contribution in [0.4, 0.5) is 0 Å². The fourth-order valence-corrected chi connectivity index (χ4v) is 1.35. The Morgan fingerprint density at radius 3 is 2.67 bits per heavy atom. The van der Waals surface area contributed by atoms with Crippen molar-refractivity contribution in [2.75, 3.05) is 6.61 Å². The molecule has 3 N–H and O–H groups in total. The zero-order valence-electron chi connectivity index (χ0n) is 10.1. The van der Waals surface area contributed by atoms with E-state index in [-0.39, 0.29) is 17.5 Å². The SMILES string of the molecule is CCOC(=O)C/C(=N/NC(N)=S)c1ccccc1. The van der Waals surface area contributed by atoms with Crippen molar-refractivity contribution in [3.8, 4) is 0 Å². The van der Waals surface area contributed by atoms with E-state index in [4.69, 9.17) is 10.5 Å². The van der Waals surface area contributed by atoms with Gasteiger partial charge in [-0.2, -0.15) is 5.10 Å². The van der Waals surface area contributed by atoms with Crippen LogP contribution in [-0.4, -0.2) is 23.4 Å². The summed E-state index contributed by atoms with van der Waals surface area (Å²) in [7, 11) is 0. The number of carbonyl (C=O) groups excluding carboxylic acids is 1. The summed E-state index contributed by atoms with van der Waals surface area (Å²) in [5.74, 6) is -0.343. The van der Waals surface area contributed by atoms with Crippen LogP contribution in [-0.2, 0) is 9.53 Å². The summed E-state index contributed by atoms with van der Waals surface area (Å²) < 4.78 is 4.89. The minimum Gasteiger partial charge on any atom is -0.466 e. The predicted octanol–water partition coefficient (Wildman–Crippen LogP) is 1.18. The largest absolute Gasteiger partial charge is 0.466 e. The summed E-state index contributed by atoms with van der Waals surface area (Å²) in [6.07, 6.45) is 0.0630. The van der Waals surface area contributed by atoms with Crippen LogP contribution in [0.25, 0.3) is 0 Å². The van der Waals surface area contributed by atoms with E-state index < -0.39 is 0 Å². The quantitative estimate of drug-likeness (QED) is 0.362. The lowest BCUT2D eigenvalue weighted by Crippen LogP contribution is -2.26. The Morgan fingerprint density at radius 2 is 2.11 bits per heavy atom. The number of benzene rings is 1. The first-order valence-corrected chi connectivity index (χ1v) is 5.87. The molecule has 6 heteroatoms. The Labute approximate surface area is 111 Å². The molecule has 1 aromatic rings. The van der Waals surface area contributed by atoms with E-state index >= 15 is 0 Å². The van der Waals surface area contributed by atoms with Crippen LogP contribution in [0, 0.1) is 0 Å². The van der Waals surface area contributed by atoms with Crippen LogP contribution >= 0.6 is 12.2 Å². The highest BCUT2D eigenvalue weighted by atomic mass is 32.1. The molecule has 0 aliphatic heterocycles. The summed E-state index contributed by atoms with van der Waals surface area (Å²) in [4.78, 5) is 11.5. The highest BCUT2D eigenvalue weighted by Crippen LogP contribution is 2.05. The highest BCUT2D eigenvalue weighted by molar-refractivity contribution is 7.80. The zero-order valence-corrected chi connectivity index (χ0v) is 10.9. The van der Waals surface area contributed by atoms with Gasteiger partial charge in [-0.1, -0.05) is 30.3 Å². The maximum atomic E-state index is 11.5. The summed E-state index contributed by atoms with van der Waals surface area (Å²) >= 11 is 4.67. The summed E-state index contributed by atoms with van der Waals surface area (Å²) in [5.41, 5.74) is 9.13. The molecule has 0 aromatic heterocycles. The van der Waals surface area contributed by atoms with Crippen molar-refractivity contribution in [3.63, 3.8) is 0 Å². The van der Waals surface area contributed by atoms with Crippen molar-refractivity contribution in [2.45, 2.75) is 13.3 Å². The summed E-state index contributed by atoms with van der Waals surface area (Å²) in [5, 5.41) is 4.06. The number of ether oxygens (including phenoxy) is 1. The molecule has 0 unspecified atom stereocenters. The Morgan fingerprint density at radius 1 is 1.44 bits per heavy atom. The molecule has 0 aliphatic carbocycles. The second-order valence-electron chi connectivity index (χ2n) is 3.38. The Hall–Kier alpha value is -1.95. The number of nitrogens with two attached hydrogens (primary N) is 1. The third-order valence-corrected chi connectivity index (χ3v) is 2.12. The van der Waals surface area contributed by atoms with Gasteiger partial charge in [0.15, 0.2) is 5.11 Å². The maximum absolute atomic E-state index is 11.5. The number of hydrogen-bond acceptors (Lipinski definition) is 4. The number of rotatable bonds is 5. The van der Waals surface area contributed by atoms with Crippen molar-refractivity contribution < 1.29 is 9.53 Å². The van der Waals surface area contributed by atoms with Gasteiger partial charge in [-0.05, 0) is 24.7 Å². The highest BCUT2D eigenvalue weighted by Gasteiger charge is 2.10. The number of nitrogens with one attached hydrogen (secondary N) is 1. The van der Waals surface area contributed by atoms with E-state index in [0.29, 0.717) is 12.3 Å². The van der Waals surface area contributed by atoms with Crippen LogP contribution in [0.15, 0.2) is 35.4 Å². The summed E-state index contributed by atoms with van der Waals surface area (Å²) in [6.45, 7) is 2.09. The predicted molar refractivity (Wildman–Crippen MR) is 74.2 cm³/mol. The van der Waals surface area contributed by atoms with Crippen LogP contribution in [0.3, 0.4) is 0 Å². The van der Waals surface area contributed by atoms with E-state index in [1.54, 1.807) is 6.92 Å². The van der Waals surface area contributed by atoms with Crippen molar-refractivity contribution in [1.82, 2.24) is 5.43 Å². The number of hydrazone groups is 1. The fourth-order valence-electron chi connectivity index (χ4n) is 1.31. The van der Waals surface area contributed by atoms with Gasteiger partial charge in [-0.15, -0.1) is 0 Å². The van der Waals surface area contributed by atoms with Gasteiger partial charge in [0, 0.05) is 0 Å². The summed E-state index contributed by atoms with van der Waals surface area (Å²) in [6, 6.07) is 9.29. The van der Waals surface area contributed by atoms with Gasteiger partial charge < -0.3 is 10.5 Å². The average molecular weight is 265 g/mol. The molecule has 0 saturated carbocycles. The Balaban J connectivity index is 2.85. The molecule has 1 aromatic carbocycles. The molecule has 1 rings (SSSR count). The van der Waals surface area contributed by atoms with Gasteiger partial charge in [0.05, 0.1) is 18.7 Å². The molecule has 0 spiro atoms. The standard InChI is InChI=1S/C12H15N3O2S/c1-2-17-11(16)8-10(14-15-12(13)18)9-6-4-3-5-7-9/h3-7H,2,8H2,1H3,(H3,13,15,18)/b14-10-. The van der Waals surface area contributed by atoms with E-state index in [1.165, 1.54) is 0 Å². The first-order valence-electron chi connectivity index (χ1n) is 5.46. The average Bonchev–Trinajstić information content (AvgIpc) is 2.35. The molecule has 96 valence electrons. The zero-order chi connectivity index (χ0) is 13.4. The van der Waals surface area contributed by atoms with Crippen molar-refractivity contribution in [2.24, 2.45) is 10.8 Å². The molecular formula is C12H15N3O2S. The topological polar surface area (TPSA) is 76.7 Å². The minimum atomic E-state index is -0.343. The molecule has 5 nitrogen and oxygen atoms in total. The lowest BCUT2D eigenvalue weighted by molar-refractivity contribution is -0.141. The van der Waals surface area contributed by atoms with Gasteiger partial charge in [0.1, 0.15) is 0 Å². The van der Waals surface area contributed by atoms with Gasteiger partial charge >= 0.3 is 5.97 Å². The molecule has 0 radical (unpaired) electrons. The first kappa shape index (κ1) is 14.1. The maximum Gasteiger partial charge on any atom is 0.311 e. The van der Waals surface area contributed by atoms with Gasteiger partial charge in [-0.25, -0.2) is 0 Å². The number of thiocarbonyl (C=S) groups is 1. The normalized spacial score (nSPS) is 10.8. The van der Waals surface area contributed by atoms with E-state index in [9.17, 15) is 4.79 Å². The Kier molecular flexibility index (Phi) is 5.79.